The van der Waals surface area contributed by atoms with Gasteiger partial charge in [-0.1, -0.05) is 25.5 Å². The van der Waals surface area contributed by atoms with Crippen molar-refractivity contribution in [2.45, 2.75) is 39.4 Å². The first kappa shape index (κ1) is 13.6. The van der Waals surface area contributed by atoms with Crippen molar-refractivity contribution in [2.24, 2.45) is 0 Å². The molecule has 1 fully saturated rings. The van der Waals surface area contributed by atoms with Gasteiger partial charge < -0.3 is 14.4 Å². The van der Waals surface area contributed by atoms with E-state index in [9.17, 15) is 4.79 Å². The number of carbonyl (C=O) groups is 1. The second kappa shape index (κ2) is 4.86. The molecule has 1 amide bonds. The zero-order valence-corrected chi connectivity index (χ0v) is 12.4. The van der Waals surface area contributed by atoms with Crippen molar-refractivity contribution in [3.8, 4) is 0 Å². The average molecular weight is 275 g/mol. The molecule has 0 N–H and O–H groups in total. The van der Waals surface area contributed by atoms with E-state index in [1.165, 1.54) is 0 Å². The van der Waals surface area contributed by atoms with Crippen LogP contribution < -0.4 is 4.90 Å². The predicted octanol–water partition coefficient (Wildman–Crippen LogP) is 2.65. The second-order valence-corrected chi connectivity index (χ2v) is 5.55. The minimum absolute atomic E-state index is 0.0594. The maximum absolute atomic E-state index is 12.9. The molecular weight excluding hydrogens is 254 g/mol. The monoisotopic (exact) mass is 275 g/mol. The molecule has 2 aliphatic rings. The van der Waals surface area contributed by atoms with Crippen LogP contribution in [0.15, 0.2) is 12.1 Å². The first-order valence-electron chi connectivity index (χ1n) is 7.32. The van der Waals surface area contributed by atoms with E-state index in [0.717, 1.165) is 41.8 Å². The molecule has 0 bridgehead atoms. The quantitative estimate of drug-likeness (QED) is 0.851. The molecule has 3 rings (SSSR count). The summed E-state index contributed by atoms with van der Waals surface area (Å²) in [5, 5.41) is 0. The zero-order chi connectivity index (χ0) is 14.3. The van der Waals surface area contributed by atoms with E-state index in [2.05, 4.69) is 13.0 Å². The van der Waals surface area contributed by atoms with E-state index in [-0.39, 0.29) is 5.91 Å². The largest absolute Gasteiger partial charge is 0.336 e. The van der Waals surface area contributed by atoms with Gasteiger partial charge in [0, 0.05) is 12.1 Å². The third kappa shape index (κ3) is 1.71. The van der Waals surface area contributed by atoms with Crippen molar-refractivity contribution < 1.29 is 14.3 Å². The minimum Gasteiger partial charge on any atom is -0.336 e. The lowest BCUT2D eigenvalue weighted by Gasteiger charge is -2.22. The third-order valence-corrected chi connectivity index (χ3v) is 4.14. The number of anilines is 1. The molecule has 0 radical (unpaired) electrons. The molecule has 2 aliphatic heterocycles. The highest BCUT2D eigenvalue weighted by Crippen LogP contribution is 2.48. The summed E-state index contributed by atoms with van der Waals surface area (Å²) in [7, 11) is 0. The molecule has 20 heavy (non-hydrogen) atoms. The Hall–Kier alpha value is -1.39. The lowest BCUT2D eigenvalue weighted by Crippen LogP contribution is -2.41. The van der Waals surface area contributed by atoms with Crippen molar-refractivity contribution in [1.82, 2.24) is 0 Å². The third-order valence-electron chi connectivity index (χ3n) is 4.14. The van der Waals surface area contributed by atoms with E-state index in [4.69, 9.17) is 9.47 Å². The number of nitrogens with zero attached hydrogens (tertiary/aromatic N) is 1. The van der Waals surface area contributed by atoms with Crippen LogP contribution in [0.5, 0.6) is 0 Å². The lowest BCUT2D eigenvalue weighted by atomic mass is 9.98. The van der Waals surface area contributed by atoms with Crippen molar-refractivity contribution in [3.63, 3.8) is 0 Å². The highest BCUT2D eigenvalue weighted by Gasteiger charge is 2.57. The molecule has 0 aromatic heterocycles. The molecule has 0 aliphatic carbocycles. The highest BCUT2D eigenvalue weighted by atomic mass is 16.7. The van der Waals surface area contributed by atoms with Gasteiger partial charge in [-0.25, -0.2) is 0 Å². The van der Waals surface area contributed by atoms with Crippen molar-refractivity contribution in [2.75, 3.05) is 24.7 Å². The molecule has 0 unspecified atom stereocenters. The summed E-state index contributed by atoms with van der Waals surface area (Å²) in [5.74, 6) is -1.24. The number of ether oxygens (including phenoxy) is 2. The van der Waals surface area contributed by atoms with Gasteiger partial charge in [0.15, 0.2) is 0 Å². The SMILES string of the molecule is CCCCN1C(=O)C2(OCCO2)c2c(C)ccc(C)c21. The van der Waals surface area contributed by atoms with Gasteiger partial charge in [0.05, 0.1) is 18.9 Å². The Balaban J connectivity index is 2.16. The molecule has 0 saturated carbocycles. The molecule has 1 aromatic rings. The average Bonchev–Trinajstić information content (AvgIpc) is 3.00. The predicted molar refractivity (Wildman–Crippen MR) is 76.8 cm³/mol. The number of hydrogen-bond acceptors (Lipinski definition) is 3. The summed E-state index contributed by atoms with van der Waals surface area (Å²) in [6.45, 7) is 7.85. The molecule has 4 nitrogen and oxygen atoms in total. The van der Waals surface area contributed by atoms with Gasteiger partial charge >= 0.3 is 0 Å². The fourth-order valence-electron chi connectivity index (χ4n) is 3.16. The maximum Gasteiger partial charge on any atom is 0.292 e. The van der Waals surface area contributed by atoms with Gasteiger partial charge in [-0.2, -0.15) is 0 Å². The summed E-state index contributed by atoms with van der Waals surface area (Å²) in [6.07, 6.45) is 2.04. The van der Waals surface area contributed by atoms with Crippen LogP contribution in [0, 0.1) is 13.8 Å². The summed E-state index contributed by atoms with van der Waals surface area (Å²) in [4.78, 5) is 14.7. The van der Waals surface area contributed by atoms with Gasteiger partial charge in [-0.3, -0.25) is 4.79 Å². The van der Waals surface area contributed by atoms with Crippen LogP contribution in [0.1, 0.15) is 36.5 Å². The lowest BCUT2D eigenvalue weighted by molar-refractivity contribution is -0.180. The van der Waals surface area contributed by atoms with E-state index in [1.807, 2.05) is 24.8 Å². The number of rotatable bonds is 3. The molecule has 1 aromatic carbocycles. The van der Waals surface area contributed by atoms with E-state index in [1.54, 1.807) is 0 Å². The fraction of sp³-hybridized carbons (Fsp3) is 0.562. The molecule has 2 heterocycles. The smallest absolute Gasteiger partial charge is 0.292 e. The molecule has 4 heteroatoms. The molecule has 0 atom stereocenters. The van der Waals surface area contributed by atoms with Crippen LogP contribution in [-0.2, 0) is 20.1 Å². The van der Waals surface area contributed by atoms with Gasteiger partial charge in [0.25, 0.3) is 11.7 Å². The second-order valence-electron chi connectivity index (χ2n) is 5.55. The number of amides is 1. The Labute approximate surface area is 119 Å². The molecule has 108 valence electrons. The maximum atomic E-state index is 12.9. The van der Waals surface area contributed by atoms with Crippen LogP contribution in [0.4, 0.5) is 5.69 Å². The molecule has 1 spiro atoms. The summed E-state index contributed by atoms with van der Waals surface area (Å²) >= 11 is 0. The summed E-state index contributed by atoms with van der Waals surface area (Å²) in [5.41, 5.74) is 4.06. The molecular formula is C16H21NO3. The Kier molecular flexibility index (Phi) is 3.30. The van der Waals surface area contributed by atoms with Crippen LogP contribution in [-0.4, -0.2) is 25.7 Å². The number of benzene rings is 1. The van der Waals surface area contributed by atoms with Crippen LogP contribution >= 0.6 is 0 Å². The Morgan fingerprint density at radius 1 is 1.20 bits per heavy atom. The van der Waals surface area contributed by atoms with Gasteiger partial charge in [-0.05, 0) is 31.4 Å². The number of fused-ring (bicyclic) bond motifs is 2. The van der Waals surface area contributed by atoms with Crippen LogP contribution in [0.25, 0.3) is 0 Å². The van der Waals surface area contributed by atoms with Crippen molar-refractivity contribution in [3.05, 3.63) is 28.8 Å². The Bertz CT molecular complexity index is 547. The van der Waals surface area contributed by atoms with E-state index in [0.29, 0.717) is 13.2 Å². The fourth-order valence-corrected chi connectivity index (χ4v) is 3.16. The summed E-state index contributed by atoms with van der Waals surface area (Å²) in [6, 6.07) is 4.10. The van der Waals surface area contributed by atoms with E-state index < -0.39 is 5.79 Å². The van der Waals surface area contributed by atoms with Gasteiger partial charge in [0.1, 0.15) is 0 Å². The number of hydrogen-bond donors (Lipinski definition) is 0. The first-order chi connectivity index (χ1) is 9.62. The number of unbranched alkanes of at least 4 members (excludes halogenated alkanes) is 1. The van der Waals surface area contributed by atoms with Crippen LogP contribution in [0.2, 0.25) is 0 Å². The topological polar surface area (TPSA) is 38.8 Å². The van der Waals surface area contributed by atoms with Gasteiger partial charge in [0.2, 0.25) is 0 Å². The standard InChI is InChI=1S/C16H21NO3/c1-4-5-8-17-14-12(3)7-6-11(2)13(14)16(15(17)18)19-9-10-20-16/h6-7H,4-5,8-10H2,1-3H3. The van der Waals surface area contributed by atoms with Crippen molar-refractivity contribution >= 4 is 11.6 Å². The van der Waals surface area contributed by atoms with Gasteiger partial charge in [-0.15, -0.1) is 0 Å². The normalized spacial score (nSPS) is 19.9. The zero-order valence-electron chi connectivity index (χ0n) is 12.4. The minimum atomic E-state index is -1.18. The first-order valence-corrected chi connectivity index (χ1v) is 7.32. The van der Waals surface area contributed by atoms with E-state index >= 15 is 0 Å². The number of carbonyl (C=O) groups excluding carboxylic acids is 1. The number of aryl methyl sites for hydroxylation is 2. The Morgan fingerprint density at radius 3 is 2.50 bits per heavy atom. The van der Waals surface area contributed by atoms with Crippen LogP contribution in [0.3, 0.4) is 0 Å². The molecule has 1 saturated heterocycles. The Morgan fingerprint density at radius 2 is 1.85 bits per heavy atom. The highest BCUT2D eigenvalue weighted by molar-refractivity contribution is 6.07. The van der Waals surface area contributed by atoms with Crippen molar-refractivity contribution in [1.29, 1.82) is 0 Å². The summed E-state index contributed by atoms with van der Waals surface area (Å²) < 4.78 is 11.5.